The number of carbonyl (C=O) groups is 1. The lowest BCUT2D eigenvalue weighted by Gasteiger charge is -2.21. The molecule has 1 aliphatic carbocycles. The van der Waals surface area contributed by atoms with E-state index in [0.717, 1.165) is 37.2 Å². The van der Waals surface area contributed by atoms with Crippen molar-refractivity contribution in [1.82, 2.24) is 15.6 Å². The summed E-state index contributed by atoms with van der Waals surface area (Å²) in [5.41, 5.74) is 2.91. The zero-order valence-corrected chi connectivity index (χ0v) is 14.5. The Morgan fingerprint density at radius 1 is 1.35 bits per heavy atom. The van der Waals surface area contributed by atoms with Crippen LogP contribution in [0.15, 0.2) is 9.62 Å². The molecule has 23 heavy (non-hydrogen) atoms. The van der Waals surface area contributed by atoms with Crippen molar-refractivity contribution in [2.45, 2.75) is 77.7 Å². The second-order valence-electron chi connectivity index (χ2n) is 7.21. The van der Waals surface area contributed by atoms with Crippen molar-refractivity contribution in [3.8, 4) is 0 Å². The highest BCUT2D eigenvalue weighted by Gasteiger charge is 2.25. The van der Waals surface area contributed by atoms with E-state index in [1.807, 2.05) is 34.6 Å². The van der Waals surface area contributed by atoms with Crippen LogP contribution in [-0.2, 0) is 4.74 Å². The van der Waals surface area contributed by atoms with Crippen LogP contribution < -0.4 is 5.43 Å². The first-order valence-electron chi connectivity index (χ1n) is 8.12. The Morgan fingerprint density at radius 2 is 2.00 bits per heavy atom. The van der Waals surface area contributed by atoms with Gasteiger partial charge in [-0.15, -0.1) is 0 Å². The van der Waals surface area contributed by atoms with E-state index in [1.165, 1.54) is 0 Å². The summed E-state index contributed by atoms with van der Waals surface area (Å²) in [5.74, 6) is 2.01. The molecule has 1 fully saturated rings. The van der Waals surface area contributed by atoms with Crippen molar-refractivity contribution in [2.24, 2.45) is 5.10 Å². The molecular formula is C16H26N4O3. The van der Waals surface area contributed by atoms with Gasteiger partial charge in [0.1, 0.15) is 5.60 Å². The Morgan fingerprint density at radius 3 is 2.52 bits per heavy atom. The quantitative estimate of drug-likeness (QED) is 0.856. The molecule has 2 rings (SSSR count). The molecule has 0 bridgehead atoms. The number of carbonyl (C=O) groups excluding carboxylic acids is 1. The van der Waals surface area contributed by atoms with Crippen LogP contribution in [0, 0.1) is 0 Å². The van der Waals surface area contributed by atoms with Crippen molar-refractivity contribution >= 4 is 11.8 Å². The average Bonchev–Trinajstić information content (AvgIpc) is 2.94. The molecule has 1 aromatic rings. The van der Waals surface area contributed by atoms with Gasteiger partial charge in [0, 0.05) is 17.5 Å². The van der Waals surface area contributed by atoms with Crippen LogP contribution in [0.5, 0.6) is 0 Å². The fourth-order valence-electron chi connectivity index (χ4n) is 2.38. The lowest BCUT2D eigenvalue weighted by atomic mass is 9.88. The van der Waals surface area contributed by atoms with E-state index in [9.17, 15) is 4.79 Å². The molecule has 1 saturated carbocycles. The SMILES string of the molecule is CC(C)c1noc(C2CCC(=NNC(=O)OC(C)(C)C)CC2)n1. The molecule has 128 valence electrons. The van der Waals surface area contributed by atoms with E-state index in [1.54, 1.807) is 0 Å². The van der Waals surface area contributed by atoms with Gasteiger partial charge >= 0.3 is 6.09 Å². The van der Waals surface area contributed by atoms with E-state index >= 15 is 0 Å². The zero-order chi connectivity index (χ0) is 17.0. The molecule has 0 radical (unpaired) electrons. The van der Waals surface area contributed by atoms with Crippen LogP contribution in [0.4, 0.5) is 4.79 Å². The number of nitrogens with one attached hydrogen (secondary N) is 1. The van der Waals surface area contributed by atoms with Crippen molar-refractivity contribution in [3.05, 3.63) is 11.7 Å². The van der Waals surface area contributed by atoms with E-state index in [-0.39, 0.29) is 11.8 Å². The monoisotopic (exact) mass is 322 g/mol. The van der Waals surface area contributed by atoms with Crippen LogP contribution in [0.2, 0.25) is 0 Å². The summed E-state index contributed by atoms with van der Waals surface area (Å²) in [6.07, 6.45) is 2.88. The van der Waals surface area contributed by atoms with E-state index in [2.05, 4.69) is 20.7 Å². The van der Waals surface area contributed by atoms with Gasteiger partial charge in [-0.3, -0.25) is 0 Å². The fraction of sp³-hybridized carbons (Fsp3) is 0.750. The number of nitrogens with zero attached hydrogens (tertiary/aromatic N) is 3. The van der Waals surface area contributed by atoms with Crippen LogP contribution >= 0.6 is 0 Å². The Hall–Kier alpha value is -1.92. The van der Waals surface area contributed by atoms with Gasteiger partial charge in [0.2, 0.25) is 5.89 Å². The number of rotatable bonds is 3. The smallest absolute Gasteiger partial charge is 0.428 e. The molecular weight excluding hydrogens is 296 g/mol. The van der Waals surface area contributed by atoms with Crippen molar-refractivity contribution in [2.75, 3.05) is 0 Å². The van der Waals surface area contributed by atoms with Gasteiger partial charge in [-0.05, 0) is 46.5 Å². The molecule has 1 N–H and O–H groups in total. The Bertz CT molecular complexity index is 562. The van der Waals surface area contributed by atoms with Gasteiger partial charge in [0.05, 0.1) is 0 Å². The molecule has 0 spiro atoms. The van der Waals surface area contributed by atoms with Crippen LogP contribution in [0.1, 0.15) is 83.9 Å². The lowest BCUT2D eigenvalue weighted by Crippen LogP contribution is -2.30. The molecule has 1 heterocycles. The Balaban J connectivity index is 1.83. The Kier molecular flexibility index (Phi) is 5.38. The topological polar surface area (TPSA) is 89.6 Å². The number of amides is 1. The highest BCUT2D eigenvalue weighted by atomic mass is 16.6. The maximum Gasteiger partial charge on any atom is 0.428 e. The first-order valence-corrected chi connectivity index (χ1v) is 8.12. The maximum atomic E-state index is 11.6. The van der Waals surface area contributed by atoms with Gasteiger partial charge < -0.3 is 9.26 Å². The Labute approximate surface area is 136 Å². The molecule has 1 amide bonds. The average molecular weight is 322 g/mol. The van der Waals surface area contributed by atoms with Crippen LogP contribution in [0.3, 0.4) is 0 Å². The first kappa shape index (κ1) is 17.4. The number of hydrogen-bond donors (Lipinski definition) is 1. The summed E-state index contributed by atoms with van der Waals surface area (Å²) in [4.78, 5) is 16.0. The number of hydrogen-bond acceptors (Lipinski definition) is 6. The first-order chi connectivity index (χ1) is 10.7. The van der Waals surface area contributed by atoms with Gasteiger partial charge in [0.15, 0.2) is 5.82 Å². The van der Waals surface area contributed by atoms with Crippen molar-refractivity contribution < 1.29 is 14.1 Å². The van der Waals surface area contributed by atoms with Gasteiger partial charge in [0.25, 0.3) is 0 Å². The summed E-state index contributed by atoms with van der Waals surface area (Å²) in [6.45, 7) is 9.55. The zero-order valence-electron chi connectivity index (χ0n) is 14.5. The summed E-state index contributed by atoms with van der Waals surface area (Å²) in [6, 6.07) is 0. The standard InChI is InChI=1S/C16H26N4O3/c1-10(2)13-17-14(23-20-13)11-6-8-12(9-7-11)18-19-15(21)22-16(3,4)5/h10-11H,6-9H2,1-5H3,(H,19,21). The predicted octanol–water partition coefficient (Wildman–Crippen LogP) is 3.73. The normalized spacial score (nSPS) is 18.9. The third kappa shape index (κ3) is 5.33. The fourth-order valence-corrected chi connectivity index (χ4v) is 2.38. The highest BCUT2D eigenvalue weighted by Crippen LogP contribution is 2.31. The number of aromatic nitrogens is 2. The second-order valence-corrected chi connectivity index (χ2v) is 7.21. The van der Waals surface area contributed by atoms with Gasteiger partial charge in [-0.25, -0.2) is 10.2 Å². The van der Waals surface area contributed by atoms with Crippen molar-refractivity contribution in [1.29, 1.82) is 0 Å². The summed E-state index contributed by atoms with van der Waals surface area (Å²) >= 11 is 0. The van der Waals surface area contributed by atoms with Crippen LogP contribution in [0.25, 0.3) is 0 Å². The molecule has 1 aliphatic rings. The van der Waals surface area contributed by atoms with Crippen molar-refractivity contribution in [3.63, 3.8) is 0 Å². The van der Waals surface area contributed by atoms with E-state index in [4.69, 9.17) is 9.26 Å². The maximum absolute atomic E-state index is 11.6. The minimum absolute atomic E-state index is 0.270. The highest BCUT2D eigenvalue weighted by molar-refractivity contribution is 5.86. The van der Waals surface area contributed by atoms with E-state index in [0.29, 0.717) is 5.89 Å². The molecule has 0 aromatic carbocycles. The van der Waals surface area contributed by atoms with Gasteiger partial charge in [-0.2, -0.15) is 10.1 Å². The van der Waals surface area contributed by atoms with E-state index < -0.39 is 11.7 Å². The van der Waals surface area contributed by atoms with Crippen LogP contribution in [-0.4, -0.2) is 27.5 Å². The minimum atomic E-state index is -0.523. The third-order valence-corrected chi connectivity index (χ3v) is 3.59. The van der Waals surface area contributed by atoms with Gasteiger partial charge in [-0.1, -0.05) is 19.0 Å². The summed E-state index contributed by atoms with van der Waals surface area (Å²) in [5, 5.41) is 8.17. The molecule has 0 saturated heterocycles. The predicted molar refractivity (Wildman–Crippen MR) is 86.4 cm³/mol. The third-order valence-electron chi connectivity index (χ3n) is 3.59. The number of hydrazone groups is 1. The lowest BCUT2D eigenvalue weighted by molar-refractivity contribution is 0.0529. The molecule has 0 aliphatic heterocycles. The molecule has 0 atom stereocenters. The summed E-state index contributed by atoms with van der Waals surface area (Å²) < 4.78 is 10.5. The molecule has 0 unspecified atom stereocenters. The molecule has 1 aromatic heterocycles. The molecule has 7 heteroatoms. The minimum Gasteiger partial charge on any atom is -0.443 e. The second kappa shape index (κ2) is 7.10. The largest absolute Gasteiger partial charge is 0.443 e. The molecule has 7 nitrogen and oxygen atoms in total. The number of ether oxygens (including phenoxy) is 1. The summed E-state index contributed by atoms with van der Waals surface area (Å²) in [7, 11) is 0.